The molecule has 1 N–H and O–H groups in total. The summed E-state index contributed by atoms with van der Waals surface area (Å²) in [6.07, 6.45) is 9.75. The van der Waals surface area contributed by atoms with Gasteiger partial charge in [-0.2, -0.15) is 0 Å². The van der Waals surface area contributed by atoms with Crippen molar-refractivity contribution in [2.45, 2.75) is 89.4 Å². The minimum absolute atomic E-state index is 0.136. The van der Waals surface area contributed by atoms with E-state index in [-0.39, 0.29) is 30.2 Å². The number of fused-ring (bicyclic) bond motifs is 1. The molecular formula is C27H35N3O4. The number of piperidine rings is 2. The molecule has 1 aromatic rings. The van der Waals surface area contributed by atoms with E-state index in [2.05, 4.69) is 17.1 Å². The van der Waals surface area contributed by atoms with Crippen LogP contribution in [0, 0.1) is 11.3 Å². The van der Waals surface area contributed by atoms with Crippen molar-refractivity contribution in [2.75, 3.05) is 13.1 Å². The summed E-state index contributed by atoms with van der Waals surface area (Å²) in [6.45, 7) is 5.17. The van der Waals surface area contributed by atoms with Gasteiger partial charge in [-0.15, -0.1) is 0 Å². The minimum atomic E-state index is -0.582. The van der Waals surface area contributed by atoms with Gasteiger partial charge in [0.25, 0.3) is 5.91 Å². The maximum Gasteiger partial charge on any atom is 0.255 e. The molecule has 3 heterocycles. The topological polar surface area (TPSA) is 79.0 Å². The van der Waals surface area contributed by atoms with Crippen LogP contribution in [-0.2, 0) is 16.1 Å². The number of hydrogen-bond donors (Lipinski definition) is 1. The molecule has 2 saturated heterocycles. The number of rotatable bonds is 4. The number of carbonyl (C=O) groups excluding carboxylic acids is 3. The van der Waals surface area contributed by atoms with Crippen molar-refractivity contribution < 1.29 is 19.1 Å². The first-order valence-corrected chi connectivity index (χ1v) is 13.1. The van der Waals surface area contributed by atoms with Crippen LogP contribution in [0.3, 0.4) is 0 Å². The second kappa shape index (κ2) is 8.36. The highest BCUT2D eigenvalue weighted by Gasteiger charge is 2.47. The van der Waals surface area contributed by atoms with Crippen LogP contribution in [0.25, 0.3) is 0 Å². The van der Waals surface area contributed by atoms with E-state index in [0.29, 0.717) is 30.0 Å². The van der Waals surface area contributed by atoms with Crippen molar-refractivity contribution in [1.29, 1.82) is 0 Å². The monoisotopic (exact) mass is 465 g/mol. The lowest BCUT2D eigenvalue weighted by molar-refractivity contribution is -0.136. The van der Waals surface area contributed by atoms with Gasteiger partial charge in [0.05, 0.1) is 0 Å². The highest BCUT2D eigenvalue weighted by atomic mass is 16.5. The van der Waals surface area contributed by atoms with Gasteiger partial charge in [-0.25, -0.2) is 0 Å². The number of nitrogens with one attached hydrogen (secondary N) is 1. The third kappa shape index (κ3) is 3.82. The maximum atomic E-state index is 13.0. The number of likely N-dealkylation sites (tertiary alicyclic amines) is 1. The number of hydrogen-bond acceptors (Lipinski definition) is 5. The van der Waals surface area contributed by atoms with E-state index >= 15 is 0 Å². The quantitative estimate of drug-likeness (QED) is 0.691. The molecule has 3 aliphatic heterocycles. The van der Waals surface area contributed by atoms with Gasteiger partial charge in [-0.1, -0.05) is 6.92 Å². The summed E-state index contributed by atoms with van der Waals surface area (Å²) >= 11 is 0. The number of amides is 3. The smallest absolute Gasteiger partial charge is 0.255 e. The second-order valence-corrected chi connectivity index (χ2v) is 11.5. The summed E-state index contributed by atoms with van der Waals surface area (Å²) in [6, 6.07) is 5.63. The van der Waals surface area contributed by atoms with Gasteiger partial charge in [0.2, 0.25) is 11.8 Å². The third-order valence-electron chi connectivity index (χ3n) is 8.92. The van der Waals surface area contributed by atoms with E-state index in [0.717, 1.165) is 23.7 Å². The first-order chi connectivity index (χ1) is 16.4. The number of imide groups is 1. The summed E-state index contributed by atoms with van der Waals surface area (Å²) < 4.78 is 6.56. The first-order valence-electron chi connectivity index (χ1n) is 13.1. The molecule has 182 valence electrons. The van der Waals surface area contributed by atoms with Crippen LogP contribution < -0.4 is 10.1 Å². The number of ether oxygens (including phenoxy) is 1. The predicted molar refractivity (Wildman–Crippen MR) is 126 cm³/mol. The van der Waals surface area contributed by atoms with E-state index in [1.54, 1.807) is 4.90 Å². The molecular weight excluding hydrogens is 430 g/mol. The lowest BCUT2D eigenvalue weighted by Gasteiger charge is -2.54. The van der Waals surface area contributed by atoms with Crippen LogP contribution in [0.4, 0.5) is 0 Å². The molecule has 34 heavy (non-hydrogen) atoms. The number of nitrogens with zero attached hydrogens (tertiary/aromatic N) is 2. The van der Waals surface area contributed by atoms with Crippen molar-refractivity contribution in [3.8, 4) is 5.75 Å². The summed E-state index contributed by atoms with van der Waals surface area (Å²) in [5, 5.41) is 2.36. The van der Waals surface area contributed by atoms with E-state index < -0.39 is 6.04 Å². The molecule has 3 atom stereocenters. The van der Waals surface area contributed by atoms with Crippen LogP contribution in [-0.4, -0.2) is 58.8 Å². The average Bonchev–Trinajstić information content (AvgIpc) is 3.37. The van der Waals surface area contributed by atoms with Crippen molar-refractivity contribution in [1.82, 2.24) is 15.1 Å². The second-order valence-electron chi connectivity index (χ2n) is 11.5. The molecule has 0 aromatic heterocycles. The largest absolute Gasteiger partial charge is 0.489 e. The van der Waals surface area contributed by atoms with Gasteiger partial charge in [-0.3, -0.25) is 24.6 Å². The Bertz CT molecular complexity index is 1010. The molecule has 2 saturated carbocycles. The fourth-order valence-corrected chi connectivity index (χ4v) is 7.54. The highest BCUT2D eigenvalue weighted by molar-refractivity contribution is 6.05. The predicted octanol–water partition coefficient (Wildman–Crippen LogP) is 3.26. The van der Waals surface area contributed by atoms with E-state index in [1.165, 1.54) is 51.6 Å². The molecule has 6 rings (SSSR count). The van der Waals surface area contributed by atoms with Crippen LogP contribution in [0.2, 0.25) is 0 Å². The Morgan fingerprint density at radius 1 is 1.09 bits per heavy atom. The van der Waals surface area contributed by atoms with Crippen LogP contribution >= 0.6 is 0 Å². The Balaban J connectivity index is 1.13. The number of carbonyl (C=O) groups is 3. The Hall–Kier alpha value is -2.41. The highest BCUT2D eigenvalue weighted by Crippen LogP contribution is 2.51. The fraction of sp³-hybridized carbons (Fsp3) is 0.667. The van der Waals surface area contributed by atoms with Crippen LogP contribution in [0.15, 0.2) is 18.2 Å². The lowest BCUT2D eigenvalue weighted by atomic mass is 9.59. The van der Waals surface area contributed by atoms with Crippen molar-refractivity contribution in [3.05, 3.63) is 29.3 Å². The molecule has 1 aromatic carbocycles. The average molecular weight is 466 g/mol. The lowest BCUT2D eigenvalue weighted by Crippen LogP contribution is -2.55. The molecule has 7 nitrogen and oxygen atoms in total. The number of benzene rings is 1. The zero-order chi connectivity index (χ0) is 23.4. The third-order valence-corrected chi connectivity index (χ3v) is 8.92. The van der Waals surface area contributed by atoms with Crippen LogP contribution in [0.1, 0.15) is 80.6 Å². The molecule has 3 amide bonds. The summed E-state index contributed by atoms with van der Waals surface area (Å²) in [7, 11) is 0. The van der Waals surface area contributed by atoms with E-state index in [1.807, 2.05) is 18.2 Å². The molecule has 0 radical (unpaired) electrons. The Morgan fingerprint density at radius 3 is 2.74 bits per heavy atom. The molecule has 2 aliphatic carbocycles. The SMILES string of the molecule is CC1CC2(CCCN([C@@H]3CCC[C@H]3Oc3ccc4c(c3)CN(C3CCC(=O)NC3=O)C4=O)C2)C1. The van der Waals surface area contributed by atoms with Crippen molar-refractivity contribution in [3.63, 3.8) is 0 Å². The summed E-state index contributed by atoms with van der Waals surface area (Å²) in [4.78, 5) is 41.1. The van der Waals surface area contributed by atoms with Gasteiger partial charge in [0.15, 0.2) is 0 Å². The normalized spacial score (nSPS) is 35.9. The van der Waals surface area contributed by atoms with Gasteiger partial charge in [-0.05, 0) is 93.0 Å². The van der Waals surface area contributed by atoms with Crippen molar-refractivity contribution >= 4 is 17.7 Å². The Kier molecular flexibility index (Phi) is 5.43. The molecule has 4 fully saturated rings. The first kappa shape index (κ1) is 22.1. The van der Waals surface area contributed by atoms with Gasteiger partial charge in [0.1, 0.15) is 17.9 Å². The minimum Gasteiger partial charge on any atom is -0.489 e. The van der Waals surface area contributed by atoms with Crippen molar-refractivity contribution in [2.24, 2.45) is 11.3 Å². The standard InChI is InChI=1S/C27H35N3O4/c1-17-13-27(14-17)10-3-11-29(16-27)21-4-2-5-23(21)34-19-6-7-20-18(12-19)15-30(26(20)33)22-8-9-24(31)28-25(22)32/h6-7,12,17,21-23H,2-5,8-11,13-16H2,1H3,(H,28,31,32)/t17?,21-,22?,23-,27?/m1/s1. The van der Waals surface area contributed by atoms with E-state index in [9.17, 15) is 14.4 Å². The van der Waals surface area contributed by atoms with Gasteiger partial charge in [0, 0.05) is 31.1 Å². The molecule has 1 unspecified atom stereocenters. The molecule has 7 heteroatoms. The Labute approximate surface area is 201 Å². The Morgan fingerprint density at radius 2 is 1.94 bits per heavy atom. The maximum absolute atomic E-state index is 13.0. The zero-order valence-corrected chi connectivity index (χ0v) is 20.1. The summed E-state index contributed by atoms with van der Waals surface area (Å²) in [5.41, 5.74) is 2.09. The van der Waals surface area contributed by atoms with Crippen LogP contribution in [0.5, 0.6) is 5.75 Å². The molecule has 5 aliphatic rings. The van der Waals surface area contributed by atoms with Gasteiger partial charge >= 0.3 is 0 Å². The van der Waals surface area contributed by atoms with E-state index in [4.69, 9.17) is 4.74 Å². The fourth-order valence-electron chi connectivity index (χ4n) is 7.54. The summed E-state index contributed by atoms with van der Waals surface area (Å²) in [5.74, 6) is 0.923. The molecule has 1 spiro atoms. The molecule has 0 bridgehead atoms. The van der Waals surface area contributed by atoms with Gasteiger partial charge < -0.3 is 9.64 Å². The zero-order valence-electron chi connectivity index (χ0n) is 20.1.